The van der Waals surface area contributed by atoms with Gasteiger partial charge >= 0.3 is 10.3 Å². The number of phenolic OH excluding ortho intramolecular Hbond substituents is 1. The molecule has 0 amide bonds. The first-order chi connectivity index (χ1) is 9.26. The van der Waals surface area contributed by atoms with Crippen molar-refractivity contribution in [3.63, 3.8) is 0 Å². The Morgan fingerprint density at radius 2 is 2.10 bits per heavy atom. The van der Waals surface area contributed by atoms with E-state index in [2.05, 4.69) is 4.18 Å². The van der Waals surface area contributed by atoms with E-state index in [1.54, 1.807) is 6.07 Å². The Balaban J connectivity index is 3.08. The molecule has 20 heavy (non-hydrogen) atoms. The Morgan fingerprint density at radius 1 is 1.45 bits per heavy atom. The summed E-state index contributed by atoms with van der Waals surface area (Å²) in [6.45, 7) is 1.31. The average Bonchev–Trinajstić information content (AvgIpc) is 2.32. The van der Waals surface area contributed by atoms with Gasteiger partial charge in [0.1, 0.15) is 24.8 Å². The van der Waals surface area contributed by atoms with Crippen molar-refractivity contribution in [2.24, 2.45) is 5.14 Å². The molecule has 1 rings (SSSR count). The lowest BCUT2D eigenvalue weighted by molar-refractivity contribution is -0.104. The number of hydrogen-bond donors (Lipinski definition) is 2. The largest absolute Gasteiger partial charge is 0.506 e. The van der Waals surface area contributed by atoms with Gasteiger partial charge in [-0.3, -0.25) is 4.18 Å². The third kappa shape index (κ3) is 4.89. The normalized spacial score (nSPS) is 15.0. The van der Waals surface area contributed by atoms with Crippen LogP contribution < -0.4 is 5.14 Å². The van der Waals surface area contributed by atoms with E-state index in [4.69, 9.17) is 26.2 Å². The Labute approximate surface area is 122 Å². The molecule has 0 aliphatic heterocycles. The maximum Gasteiger partial charge on any atom is 0.333 e. The van der Waals surface area contributed by atoms with Crippen molar-refractivity contribution >= 4 is 21.9 Å². The molecular weight excluding hydrogens is 310 g/mol. The summed E-state index contributed by atoms with van der Waals surface area (Å²) in [6, 6.07) is 4.60. The topological polar surface area (TPSA) is 108 Å². The average molecular weight is 326 g/mol. The smallest absolute Gasteiger partial charge is 0.333 e. The molecule has 0 aliphatic rings. The minimum atomic E-state index is -4.16. The van der Waals surface area contributed by atoms with Crippen LogP contribution in [0.1, 0.15) is 18.6 Å². The summed E-state index contributed by atoms with van der Waals surface area (Å²) in [5.74, 6) is -0.222. The Hall–Kier alpha value is -0.900. The number of hydrogen-bond acceptors (Lipinski definition) is 6. The summed E-state index contributed by atoms with van der Waals surface area (Å²) in [5.41, 5.74) is 0.269. The van der Waals surface area contributed by atoms with Crippen LogP contribution in [0.15, 0.2) is 18.2 Å². The van der Waals surface area contributed by atoms with Crippen molar-refractivity contribution in [3.05, 3.63) is 28.8 Å². The van der Waals surface area contributed by atoms with Gasteiger partial charge in [0.15, 0.2) is 0 Å². The fourth-order valence-electron chi connectivity index (χ4n) is 1.64. The van der Waals surface area contributed by atoms with Crippen LogP contribution in [0.2, 0.25) is 5.02 Å². The second kappa shape index (κ2) is 7.21. The third-order valence-electron chi connectivity index (χ3n) is 2.40. The molecule has 7 nitrogen and oxygen atoms in total. The molecule has 0 bridgehead atoms. The van der Waals surface area contributed by atoms with Crippen LogP contribution in [-0.2, 0) is 24.0 Å². The van der Waals surface area contributed by atoms with Crippen LogP contribution in [0.4, 0.5) is 0 Å². The van der Waals surface area contributed by atoms with Gasteiger partial charge in [0.2, 0.25) is 0 Å². The van der Waals surface area contributed by atoms with Crippen LogP contribution >= 0.6 is 11.6 Å². The highest BCUT2D eigenvalue weighted by atomic mass is 35.5. The first-order valence-electron chi connectivity index (χ1n) is 5.55. The molecule has 0 aliphatic carbocycles. The van der Waals surface area contributed by atoms with Crippen LogP contribution in [0.25, 0.3) is 0 Å². The maximum atomic E-state index is 11.0. The van der Waals surface area contributed by atoms with Crippen molar-refractivity contribution in [1.29, 1.82) is 0 Å². The number of ether oxygens (including phenoxy) is 2. The summed E-state index contributed by atoms with van der Waals surface area (Å²) in [6.07, 6.45) is -1.91. The summed E-state index contributed by atoms with van der Waals surface area (Å²) < 4.78 is 36.7. The highest BCUT2D eigenvalue weighted by Crippen LogP contribution is 2.35. The highest BCUT2D eigenvalue weighted by molar-refractivity contribution is 7.84. The van der Waals surface area contributed by atoms with E-state index in [0.29, 0.717) is 0 Å². The van der Waals surface area contributed by atoms with Crippen LogP contribution in [-0.4, -0.2) is 33.5 Å². The molecule has 2 atom stereocenters. The van der Waals surface area contributed by atoms with Gasteiger partial charge in [0.05, 0.1) is 5.02 Å². The molecule has 1 aromatic carbocycles. The van der Waals surface area contributed by atoms with E-state index >= 15 is 0 Å². The molecule has 2 unspecified atom stereocenters. The first-order valence-corrected chi connectivity index (χ1v) is 7.40. The molecule has 0 saturated carbocycles. The molecule has 0 radical (unpaired) electrons. The van der Waals surface area contributed by atoms with Gasteiger partial charge in [0, 0.05) is 12.7 Å². The quantitative estimate of drug-likeness (QED) is 0.732. The zero-order valence-corrected chi connectivity index (χ0v) is 12.5. The lowest BCUT2D eigenvalue weighted by Crippen LogP contribution is -2.29. The van der Waals surface area contributed by atoms with Gasteiger partial charge in [-0.15, -0.1) is 0 Å². The van der Waals surface area contributed by atoms with Gasteiger partial charge in [-0.1, -0.05) is 23.7 Å². The van der Waals surface area contributed by atoms with Gasteiger partial charge in [0.25, 0.3) is 0 Å². The third-order valence-corrected chi connectivity index (χ3v) is 3.28. The predicted molar refractivity (Wildman–Crippen MR) is 72.5 cm³/mol. The molecule has 114 valence electrons. The van der Waals surface area contributed by atoms with Crippen molar-refractivity contribution in [2.75, 3.05) is 13.9 Å². The molecule has 0 spiro atoms. The number of nitrogens with two attached hydrogens (primary N) is 1. The van der Waals surface area contributed by atoms with E-state index in [0.717, 1.165) is 0 Å². The summed E-state index contributed by atoms with van der Waals surface area (Å²) in [5, 5.41) is 14.9. The number of para-hydroxylation sites is 1. The van der Waals surface area contributed by atoms with E-state index in [9.17, 15) is 13.5 Å². The number of phenols is 1. The zero-order chi connectivity index (χ0) is 15.3. The second-order valence-electron chi connectivity index (χ2n) is 3.97. The van der Waals surface area contributed by atoms with Crippen LogP contribution in [0.5, 0.6) is 5.75 Å². The minimum Gasteiger partial charge on any atom is -0.506 e. The number of halogens is 1. The molecular formula is C11H16ClNO6S. The first kappa shape index (κ1) is 17.2. The minimum absolute atomic E-state index is 0.108. The SMILES string of the molecule is COCOC(c1cccc(Cl)c1O)C(C)OS(N)(=O)=O. The number of benzene rings is 1. The molecule has 9 heteroatoms. The maximum absolute atomic E-state index is 11.0. The van der Waals surface area contributed by atoms with Gasteiger partial charge < -0.3 is 14.6 Å². The van der Waals surface area contributed by atoms with Crippen LogP contribution in [0.3, 0.4) is 0 Å². The second-order valence-corrected chi connectivity index (χ2v) is 5.55. The van der Waals surface area contributed by atoms with Crippen molar-refractivity contribution in [3.8, 4) is 5.75 Å². The Kier molecular flexibility index (Phi) is 6.18. The Bertz CT molecular complexity index is 550. The fourth-order valence-corrected chi connectivity index (χ4v) is 2.35. The fraction of sp³-hybridized carbons (Fsp3) is 0.455. The monoisotopic (exact) mass is 325 g/mol. The number of aromatic hydroxyl groups is 1. The highest BCUT2D eigenvalue weighted by Gasteiger charge is 2.27. The lowest BCUT2D eigenvalue weighted by Gasteiger charge is -2.24. The Morgan fingerprint density at radius 3 is 2.65 bits per heavy atom. The molecule has 1 aromatic rings. The molecule has 0 aromatic heterocycles. The van der Waals surface area contributed by atoms with Crippen molar-refractivity contribution in [2.45, 2.75) is 19.1 Å². The van der Waals surface area contributed by atoms with Gasteiger partial charge in [-0.2, -0.15) is 8.42 Å². The number of methoxy groups -OCH3 is 1. The van der Waals surface area contributed by atoms with Crippen molar-refractivity contribution < 1.29 is 27.2 Å². The van der Waals surface area contributed by atoms with E-state index in [1.807, 2.05) is 0 Å². The van der Waals surface area contributed by atoms with Crippen LogP contribution in [0, 0.1) is 0 Å². The van der Waals surface area contributed by atoms with E-state index in [1.165, 1.54) is 26.2 Å². The zero-order valence-electron chi connectivity index (χ0n) is 10.9. The van der Waals surface area contributed by atoms with E-state index < -0.39 is 22.5 Å². The predicted octanol–water partition coefficient (Wildman–Crippen LogP) is 1.32. The van der Waals surface area contributed by atoms with Gasteiger partial charge in [-0.25, -0.2) is 5.14 Å². The molecule has 0 heterocycles. The van der Waals surface area contributed by atoms with E-state index in [-0.39, 0.29) is 23.1 Å². The van der Waals surface area contributed by atoms with Crippen molar-refractivity contribution in [1.82, 2.24) is 0 Å². The lowest BCUT2D eigenvalue weighted by atomic mass is 10.0. The number of rotatable bonds is 7. The standard InChI is InChI=1S/C11H16ClNO6S/c1-7(19-20(13,15)16)11(18-6-17-2)8-4-3-5-9(12)10(8)14/h3-5,7,11,14H,6H2,1-2H3,(H2,13,15,16). The summed E-state index contributed by atoms with van der Waals surface area (Å²) in [7, 11) is -2.76. The molecule has 3 N–H and O–H groups in total. The summed E-state index contributed by atoms with van der Waals surface area (Å²) in [4.78, 5) is 0. The molecule has 0 fully saturated rings. The molecule has 0 saturated heterocycles. The summed E-state index contributed by atoms with van der Waals surface area (Å²) >= 11 is 5.81. The van der Waals surface area contributed by atoms with Gasteiger partial charge in [-0.05, 0) is 13.0 Å².